The van der Waals surface area contributed by atoms with Crippen LogP contribution in [0.2, 0.25) is 0 Å². The van der Waals surface area contributed by atoms with Gasteiger partial charge in [0.05, 0.1) is 31.4 Å². The highest BCUT2D eigenvalue weighted by Gasteiger charge is 2.21. The van der Waals surface area contributed by atoms with Gasteiger partial charge in [0.25, 0.3) is 0 Å². The second kappa shape index (κ2) is 10.5. The van der Waals surface area contributed by atoms with E-state index in [1.54, 1.807) is 36.9 Å². The first-order valence-electron chi connectivity index (χ1n) is 9.84. The number of aromatic nitrogens is 2. The Morgan fingerprint density at radius 3 is 2.41 bits per heavy atom. The number of nitrogens with one attached hydrogen (secondary N) is 1. The maximum absolute atomic E-state index is 12.6. The van der Waals surface area contributed by atoms with Crippen molar-refractivity contribution in [3.63, 3.8) is 0 Å². The molecule has 0 saturated carbocycles. The standard InChI is InChI=1S/C21H29N3O5/c1-6-24-13-16(20(23-24)21(26)29-14(4)5)22-19(25)12-15-9-10-17(27-7-2)18(11-15)28-8-3/h9-11,13-14H,6-8,12H2,1-5H3,(H,22,25). The number of anilines is 1. The van der Waals surface area contributed by atoms with Crippen LogP contribution in [0.25, 0.3) is 0 Å². The van der Waals surface area contributed by atoms with Crippen molar-refractivity contribution in [2.24, 2.45) is 0 Å². The Morgan fingerprint density at radius 1 is 1.10 bits per heavy atom. The highest BCUT2D eigenvalue weighted by atomic mass is 16.5. The number of carbonyl (C=O) groups is 2. The van der Waals surface area contributed by atoms with Crippen molar-refractivity contribution in [3.05, 3.63) is 35.7 Å². The lowest BCUT2D eigenvalue weighted by Crippen LogP contribution is -2.18. The smallest absolute Gasteiger partial charge is 0.361 e. The highest BCUT2D eigenvalue weighted by Crippen LogP contribution is 2.29. The van der Waals surface area contributed by atoms with Gasteiger partial charge in [-0.2, -0.15) is 5.10 Å². The molecule has 1 amide bonds. The van der Waals surface area contributed by atoms with E-state index >= 15 is 0 Å². The summed E-state index contributed by atoms with van der Waals surface area (Å²) in [6.45, 7) is 10.8. The van der Waals surface area contributed by atoms with Crippen LogP contribution in [0.15, 0.2) is 24.4 Å². The van der Waals surface area contributed by atoms with E-state index in [4.69, 9.17) is 14.2 Å². The Morgan fingerprint density at radius 2 is 1.79 bits per heavy atom. The lowest BCUT2D eigenvalue weighted by atomic mass is 10.1. The molecule has 8 nitrogen and oxygen atoms in total. The molecule has 0 fully saturated rings. The number of rotatable bonds is 10. The van der Waals surface area contributed by atoms with Gasteiger partial charge in [0, 0.05) is 12.7 Å². The third-order valence-electron chi connectivity index (χ3n) is 3.87. The van der Waals surface area contributed by atoms with Crippen LogP contribution in [-0.2, 0) is 22.5 Å². The van der Waals surface area contributed by atoms with E-state index in [0.29, 0.717) is 36.9 Å². The molecule has 2 rings (SSSR count). The summed E-state index contributed by atoms with van der Waals surface area (Å²) < 4.78 is 17.9. The number of hydrogen-bond donors (Lipinski definition) is 1. The quantitative estimate of drug-likeness (QED) is 0.611. The summed E-state index contributed by atoms with van der Waals surface area (Å²) in [7, 11) is 0. The van der Waals surface area contributed by atoms with Crippen molar-refractivity contribution in [3.8, 4) is 11.5 Å². The Hall–Kier alpha value is -3.03. The summed E-state index contributed by atoms with van der Waals surface area (Å²) in [4.78, 5) is 24.9. The lowest BCUT2D eigenvalue weighted by molar-refractivity contribution is -0.115. The van der Waals surface area contributed by atoms with Crippen LogP contribution in [0.1, 0.15) is 50.7 Å². The lowest BCUT2D eigenvalue weighted by Gasteiger charge is -2.12. The molecule has 1 heterocycles. The molecule has 2 aromatic rings. The zero-order chi connectivity index (χ0) is 21.4. The summed E-state index contributed by atoms with van der Waals surface area (Å²) in [6.07, 6.45) is 1.46. The summed E-state index contributed by atoms with van der Waals surface area (Å²) in [5, 5.41) is 6.97. The minimum atomic E-state index is -0.567. The number of aryl methyl sites for hydroxylation is 1. The minimum absolute atomic E-state index is 0.0931. The molecule has 0 saturated heterocycles. The van der Waals surface area contributed by atoms with Crippen LogP contribution in [-0.4, -0.2) is 41.0 Å². The second-order valence-electron chi connectivity index (χ2n) is 6.57. The van der Waals surface area contributed by atoms with E-state index in [0.717, 1.165) is 5.56 Å². The summed E-state index contributed by atoms with van der Waals surface area (Å²) in [5.74, 6) is 0.397. The third kappa shape index (κ3) is 6.23. The molecule has 158 valence electrons. The maximum atomic E-state index is 12.6. The first kappa shape index (κ1) is 22.3. The van der Waals surface area contributed by atoms with Gasteiger partial charge < -0.3 is 19.5 Å². The van der Waals surface area contributed by atoms with Crippen molar-refractivity contribution in [2.45, 2.75) is 53.7 Å². The SMILES string of the molecule is CCOc1ccc(CC(=O)Nc2cn(CC)nc2C(=O)OC(C)C)cc1OCC. The molecule has 8 heteroatoms. The van der Waals surface area contributed by atoms with Crippen molar-refractivity contribution < 1.29 is 23.8 Å². The van der Waals surface area contributed by atoms with Gasteiger partial charge in [0.2, 0.25) is 5.91 Å². The molecular formula is C21H29N3O5. The number of benzene rings is 1. The van der Waals surface area contributed by atoms with E-state index < -0.39 is 5.97 Å². The monoisotopic (exact) mass is 403 g/mol. The topological polar surface area (TPSA) is 91.7 Å². The van der Waals surface area contributed by atoms with Gasteiger partial charge in [-0.15, -0.1) is 0 Å². The van der Waals surface area contributed by atoms with Crippen LogP contribution in [0.3, 0.4) is 0 Å². The van der Waals surface area contributed by atoms with Crippen LogP contribution in [0.4, 0.5) is 5.69 Å². The minimum Gasteiger partial charge on any atom is -0.490 e. The average Bonchev–Trinajstić information content (AvgIpc) is 3.06. The summed E-state index contributed by atoms with van der Waals surface area (Å²) in [6, 6.07) is 5.39. The van der Waals surface area contributed by atoms with E-state index in [-0.39, 0.29) is 24.1 Å². The van der Waals surface area contributed by atoms with E-state index in [1.165, 1.54) is 0 Å². The molecule has 0 aliphatic carbocycles. The predicted molar refractivity (Wildman–Crippen MR) is 110 cm³/mol. The van der Waals surface area contributed by atoms with Crippen LogP contribution in [0.5, 0.6) is 11.5 Å². The number of esters is 1. The van der Waals surface area contributed by atoms with Crippen molar-refractivity contribution >= 4 is 17.6 Å². The van der Waals surface area contributed by atoms with E-state index in [9.17, 15) is 9.59 Å². The normalized spacial score (nSPS) is 10.7. The first-order chi connectivity index (χ1) is 13.9. The van der Waals surface area contributed by atoms with Crippen molar-refractivity contribution in [1.82, 2.24) is 9.78 Å². The maximum Gasteiger partial charge on any atom is 0.361 e. The number of nitrogens with zero attached hydrogens (tertiary/aromatic N) is 2. The molecule has 0 aliphatic heterocycles. The predicted octanol–water partition coefficient (Wildman–Crippen LogP) is 3.45. The van der Waals surface area contributed by atoms with Gasteiger partial charge in [-0.25, -0.2) is 4.79 Å². The molecule has 1 aromatic heterocycles. The van der Waals surface area contributed by atoms with Gasteiger partial charge in [0.1, 0.15) is 0 Å². The first-order valence-corrected chi connectivity index (χ1v) is 9.84. The third-order valence-corrected chi connectivity index (χ3v) is 3.87. The number of amides is 1. The molecule has 0 spiro atoms. The van der Waals surface area contributed by atoms with Gasteiger partial charge in [0.15, 0.2) is 17.2 Å². The molecule has 1 aromatic carbocycles. The van der Waals surface area contributed by atoms with Gasteiger partial charge in [-0.3, -0.25) is 9.48 Å². The Bertz CT molecular complexity index is 845. The largest absolute Gasteiger partial charge is 0.490 e. The number of carbonyl (C=O) groups excluding carboxylic acids is 2. The fourth-order valence-electron chi connectivity index (χ4n) is 2.68. The Labute approximate surface area is 171 Å². The molecule has 1 N–H and O–H groups in total. The summed E-state index contributed by atoms with van der Waals surface area (Å²) >= 11 is 0. The van der Waals surface area contributed by atoms with Gasteiger partial charge in [-0.05, 0) is 52.3 Å². The fraction of sp³-hybridized carbons (Fsp3) is 0.476. The molecule has 29 heavy (non-hydrogen) atoms. The van der Waals surface area contributed by atoms with Crippen molar-refractivity contribution in [1.29, 1.82) is 0 Å². The number of ether oxygens (including phenoxy) is 3. The summed E-state index contributed by atoms with van der Waals surface area (Å²) in [5.41, 5.74) is 1.19. The highest BCUT2D eigenvalue weighted by molar-refractivity contribution is 6.00. The molecular weight excluding hydrogens is 374 g/mol. The second-order valence-corrected chi connectivity index (χ2v) is 6.57. The molecule has 0 bridgehead atoms. The van der Waals surface area contributed by atoms with Crippen molar-refractivity contribution in [2.75, 3.05) is 18.5 Å². The molecule has 0 unspecified atom stereocenters. The van der Waals surface area contributed by atoms with Gasteiger partial charge >= 0.3 is 5.97 Å². The van der Waals surface area contributed by atoms with Crippen LogP contribution in [0, 0.1) is 0 Å². The molecule has 0 radical (unpaired) electrons. The zero-order valence-electron chi connectivity index (χ0n) is 17.7. The Kier molecular flexibility index (Phi) is 8.06. The molecule has 0 aliphatic rings. The Balaban J connectivity index is 2.15. The zero-order valence-corrected chi connectivity index (χ0v) is 17.7. The van der Waals surface area contributed by atoms with E-state index in [2.05, 4.69) is 10.4 Å². The molecule has 0 atom stereocenters. The van der Waals surface area contributed by atoms with Crippen LogP contribution >= 0.6 is 0 Å². The van der Waals surface area contributed by atoms with Gasteiger partial charge in [-0.1, -0.05) is 6.07 Å². The number of hydrogen-bond acceptors (Lipinski definition) is 6. The van der Waals surface area contributed by atoms with Crippen LogP contribution < -0.4 is 14.8 Å². The fourth-order valence-corrected chi connectivity index (χ4v) is 2.68. The van der Waals surface area contributed by atoms with E-state index in [1.807, 2.05) is 26.8 Å². The average molecular weight is 403 g/mol.